The summed E-state index contributed by atoms with van der Waals surface area (Å²) in [5, 5.41) is 18.6. The molecule has 3 rings (SSSR count). The summed E-state index contributed by atoms with van der Waals surface area (Å²) < 4.78 is 36.9. The first kappa shape index (κ1) is 22.3. The first-order valence-corrected chi connectivity index (χ1v) is 10.6. The van der Waals surface area contributed by atoms with Crippen LogP contribution in [-0.4, -0.2) is 36.1 Å². The second-order valence-corrected chi connectivity index (χ2v) is 8.27. The van der Waals surface area contributed by atoms with E-state index in [9.17, 15) is 23.3 Å². The average Bonchev–Trinajstić information content (AvgIpc) is 3.21. The Kier molecular flexibility index (Phi) is 6.95. The standard InChI is InChI=1S/C18H15ClN4O7S/c19-13-3-7-15(8-4-13)31(27,28)20-10-9-17(24)29-11-16-21-22-18(30-16)12-1-5-14(6-2-12)23(25)26/h1-8,20H,9-11H2. The summed E-state index contributed by atoms with van der Waals surface area (Å²) in [5.41, 5.74) is 0.386. The molecular weight excluding hydrogens is 452 g/mol. The topological polar surface area (TPSA) is 155 Å². The maximum atomic E-state index is 12.1. The summed E-state index contributed by atoms with van der Waals surface area (Å²) in [6.07, 6.45) is -0.212. The molecule has 0 aliphatic rings. The largest absolute Gasteiger partial charge is 0.456 e. The van der Waals surface area contributed by atoms with Crippen molar-refractivity contribution in [3.05, 3.63) is 69.6 Å². The van der Waals surface area contributed by atoms with E-state index in [1.165, 1.54) is 48.5 Å². The fraction of sp³-hybridized carbons (Fsp3) is 0.167. The van der Waals surface area contributed by atoms with Gasteiger partial charge in [-0.05, 0) is 36.4 Å². The number of esters is 1. The molecule has 3 aromatic rings. The van der Waals surface area contributed by atoms with Gasteiger partial charge in [-0.25, -0.2) is 13.1 Å². The predicted octanol–water partition coefficient (Wildman–Crippen LogP) is 2.71. The third-order valence-corrected chi connectivity index (χ3v) is 5.62. The lowest BCUT2D eigenvalue weighted by atomic mass is 10.2. The minimum atomic E-state index is -3.78. The van der Waals surface area contributed by atoms with Gasteiger partial charge in [-0.1, -0.05) is 11.6 Å². The highest BCUT2D eigenvalue weighted by molar-refractivity contribution is 7.89. The summed E-state index contributed by atoms with van der Waals surface area (Å²) in [6.45, 7) is -0.468. The third-order valence-electron chi connectivity index (χ3n) is 3.89. The number of rotatable bonds is 9. The normalized spacial score (nSPS) is 11.3. The molecule has 0 bridgehead atoms. The summed E-state index contributed by atoms with van der Waals surface area (Å²) in [7, 11) is -3.78. The molecule has 0 unspecified atom stereocenters. The molecular formula is C18H15ClN4O7S. The minimum absolute atomic E-state index is 0.0171. The predicted molar refractivity (Wildman–Crippen MR) is 107 cm³/mol. The molecule has 13 heteroatoms. The van der Waals surface area contributed by atoms with Gasteiger partial charge in [0.05, 0.1) is 16.2 Å². The van der Waals surface area contributed by atoms with Crippen LogP contribution in [0, 0.1) is 10.1 Å². The van der Waals surface area contributed by atoms with E-state index >= 15 is 0 Å². The van der Waals surface area contributed by atoms with Crippen molar-refractivity contribution in [2.24, 2.45) is 0 Å². The Balaban J connectivity index is 1.47. The number of nitrogens with one attached hydrogen (secondary N) is 1. The second kappa shape index (κ2) is 9.64. The first-order chi connectivity index (χ1) is 14.7. The van der Waals surface area contributed by atoms with Crippen LogP contribution < -0.4 is 4.72 Å². The first-order valence-electron chi connectivity index (χ1n) is 8.73. The number of nitro groups is 1. The number of hydrogen-bond donors (Lipinski definition) is 1. The molecule has 0 atom stereocenters. The number of halogens is 1. The number of carbonyl (C=O) groups excluding carboxylic acids is 1. The van der Waals surface area contributed by atoms with E-state index in [-0.39, 0.29) is 41.9 Å². The van der Waals surface area contributed by atoms with Gasteiger partial charge in [-0.15, -0.1) is 10.2 Å². The Labute approximate surface area is 181 Å². The van der Waals surface area contributed by atoms with Gasteiger partial charge in [0.1, 0.15) is 0 Å². The van der Waals surface area contributed by atoms with Crippen LogP contribution in [0.2, 0.25) is 5.02 Å². The molecule has 0 fully saturated rings. The van der Waals surface area contributed by atoms with Crippen molar-refractivity contribution in [1.29, 1.82) is 0 Å². The van der Waals surface area contributed by atoms with Gasteiger partial charge in [0.25, 0.3) is 11.6 Å². The highest BCUT2D eigenvalue weighted by atomic mass is 35.5. The van der Waals surface area contributed by atoms with E-state index in [0.717, 1.165) is 0 Å². The molecule has 0 radical (unpaired) electrons. The molecule has 2 aromatic carbocycles. The van der Waals surface area contributed by atoms with E-state index in [0.29, 0.717) is 10.6 Å². The summed E-state index contributed by atoms with van der Waals surface area (Å²) in [5.74, 6) is -0.547. The highest BCUT2D eigenvalue weighted by Crippen LogP contribution is 2.21. The monoisotopic (exact) mass is 466 g/mol. The number of benzene rings is 2. The van der Waals surface area contributed by atoms with E-state index in [2.05, 4.69) is 14.9 Å². The van der Waals surface area contributed by atoms with Crippen LogP contribution in [-0.2, 0) is 26.2 Å². The minimum Gasteiger partial charge on any atom is -0.456 e. The second-order valence-electron chi connectivity index (χ2n) is 6.07. The van der Waals surface area contributed by atoms with Crippen LogP contribution in [0.1, 0.15) is 12.3 Å². The molecule has 0 saturated heterocycles. The van der Waals surface area contributed by atoms with Gasteiger partial charge in [0.2, 0.25) is 15.9 Å². The van der Waals surface area contributed by atoms with Crippen LogP contribution in [0.25, 0.3) is 11.5 Å². The van der Waals surface area contributed by atoms with E-state index in [1.54, 1.807) is 0 Å². The molecule has 31 heavy (non-hydrogen) atoms. The number of carbonyl (C=O) groups is 1. The molecule has 11 nitrogen and oxygen atoms in total. The van der Waals surface area contributed by atoms with Gasteiger partial charge in [0, 0.05) is 29.3 Å². The van der Waals surface area contributed by atoms with Crippen molar-refractivity contribution in [2.45, 2.75) is 17.9 Å². The highest BCUT2D eigenvalue weighted by Gasteiger charge is 2.16. The van der Waals surface area contributed by atoms with Crippen molar-refractivity contribution in [3.8, 4) is 11.5 Å². The SMILES string of the molecule is O=C(CCNS(=O)(=O)c1ccc(Cl)cc1)OCc1nnc(-c2ccc([N+](=O)[O-])cc2)o1. The number of non-ortho nitro benzene ring substituents is 1. The average molecular weight is 467 g/mol. The maximum absolute atomic E-state index is 12.1. The number of aromatic nitrogens is 2. The van der Waals surface area contributed by atoms with Gasteiger partial charge in [-0.2, -0.15) is 0 Å². The number of nitro benzene ring substituents is 1. The van der Waals surface area contributed by atoms with Crippen molar-refractivity contribution in [2.75, 3.05) is 6.54 Å². The van der Waals surface area contributed by atoms with Gasteiger partial charge < -0.3 is 9.15 Å². The molecule has 1 heterocycles. The zero-order valence-corrected chi connectivity index (χ0v) is 17.3. The summed E-state index contributed by atoms with van der Waals surface area (Å²) in [4.78, 5) is 22.0. The van der Waals surface area contributed by atoms with E-state index < -0.39 is 20.9 Å². The van der Waals surface area contributed by atoms with Crippen molar-refractivity contribution < 1.29 is 27.3 Å². The maximum Gasteiger partial charge on any atom is 0.307 e. The Bertz CT molecular complexity index is 1180. The van der Waals surface area contributed by atoms with Crippen LogP contribution in [0.4, 0.5) is 5.69 Å². The lowest BCUT2D eigenvalue weighted by Crippen LogP contribution is -2.26. The molecule has 0 saturated carbocycles. The van der Waals surface area contributed by atoms with E-state index in [1.807, 2.05) is 0 Å². The third kappa shape index (κ3) is 6.07. The number of sulfonamides is 1. The quantitative estimate of drug-likeness (QED) is 0.284. The summed E-state index contributed by atoms with van der Waals surface area (Å²) in [6, 6.07) is 11.1. The van der Waals surface area contributed by atoms with Crippen LogP contribution >= 0.6 is 11.6 Å². The van der Waals surface area contributed by atoms with Gasteiger partial charge >= 0.3 is 5.97 Å². The number of hydrogen-bond acceptors (Lipinski definition) is 9. The Morgan fingerprint density at radius 3 is 2.45 bits per heavy atom. The Hall–Kier alpha value is -3.35. The smallest absolute Gasteiger partial charge is 0.307 e. The molecule has 0 aliphatic carbocycles. The number of ether oxygens (including phenoxy) is 1. The fourth-order valence-electron chi connectivity index (χ4n) is 2.35. The lowest BCUT2D eigenvalue weighted by molar-refractivity contribution is -0.384. The van der Waals surface area contributed by atoms with Gasteiger partial charge in [-0.3, -0.25) is 14.9 Å². The van der Waals surface area contributed by atoms with Gasteiger partial charge in [0.15, 0.2) is 6.61 Å². The lowest BCUT2D eigenvalue weighted by Gasteiger charge is -2.06. The molecule has 1 aromatic heterocycles. The van der Waals surface area contributed by atoms with Crippen molar-refractivity contribution >= 4 is 33.3 Å². The molecule has 0 aliphatic heterocycles. The summed E-state index contributed by atoms with van der Waals surface area (Å²) >= 11 is 5.73. The Morgan fingerprint density at radius 1 is 1.13 bits per heavy atom. The van der Waals surface area contributed by atoms with Crippen molar-refractivity contribution in [3.63, 3.8) is 0 Å². The molecule has 1 N–H and O–H groups in total. The Morgan fingerprint density at radius 2 is 1.81 bits per heavy atom. The van der Waals surface area contributed by atoms with Crippen LogP contribution in [0.3, 0.4) is 0 Å². The van der Waals surface area contributed by atoms with Crippen LogP contribution in [0.5, 0.6) is 0 Å². The van der Waals surface area contributed by atoms with E-state index in [4.69, 9.17) is 20.8 Å². The fourth-order valence-corrected chi connectivity index (χ4v) is 3.51. The zero-order chi connectivity index (χ0) is 22.4. The zero-order valence-electron chi connectivity index (χ0n) is 15.7. The number of nitrogens with zero attached hydrogens (tertiary/aromatic N) is 3. The molecule has 162 valence electrons. The van der Waals surface area contributed by atoms with Crippen LogP contribution in [0.15, 0.2) is 57.8 Å². The molecule has 0 amide bonds. The molecule has 0 spiro atoms. The van der Waals surface area contributed by atoms with Crippen molar-refractivity contribution in [1.82, 2.24) is 14.9 Å².